The van der Waals surface area contributed by atoms with E-state index in [2.05, 4.69) is 20.2 Å². The molecule has 1 N–H and O–H groups in total. The van der Waals surface area contributed by atoms with Gasteiger partial charge in [0.25, 0.3) is 0 Å². The SMILES string of the molecule is C(=Nc1ccc2cn[nH]c2c1)C1CN=C(c2ccco2)C1. The molecule has 0 saturated carbocycles. The normalized spacial score (nSPS) is 18.7. The Kier molecular flexibility index (Phi) is 2.88. The summed E-state index contributed by atoms with van der Waals surface area (Å²) in [7, 11) is 0. The van der Waals surface area contributed by atoms with Crippen LogP contribution in [0.1, 0.15) is 12.2 Å². The van der Waals surface area contributed by atoms with Crippen LogP contribution in [0.25, 0.3) is 10.9 Å². The van der Waals surface area contributed by atoms with E-state index in [-0.39, 0.29) is 0 Å². The summed E-state index contributed by atoms with van der Waals surface area (Å²) >= 11 is 0. The van der Waals surface area contributed by atoms with Crippen LogP contribution in [0.2, 0.25) is 0 Å². The predicted octanol–water partition coefficient (Wildman–Crippen LogP) is 3.37. The van der Waals surface area contributed by atoms with Crippen LogP contribution in [0.4, 0.5) is 5.69 Å². The van der Waals surface area contributed by atoms with Gasteiger partial charge in [-0.05, 0) is 30.3 Å². The number of rotatable bonds is 3. The van der Waals surface area contributed by atoms with Crippen molar-refractivity contribution in [2.75, 3.05) is 6.54 Å². The standard InChI is InChI=1S/C16H14N4O/c1-2-16(21-5-1)15-6-11(9-18-15)8-17-13-4-3-12-10-19-20-14(12)7-13/h1-5,7-8,10-11H,6,9H2,(H,19,20). The van der Waals surface area contributed by atoms with E-state index in [1.54, 1.807) is 6.26 Å². The molecule has 0 spiro atoms. The molecule has 5 heteroatoms. The van der Waals surface area contributed by atoms with Gasteiger partial charge in [0.05, 0.1) is 29.4 Å². The smallest absolute Gasteiger partial charge is 0.147 e. The van der Waals surface area contributed by atoms with E-state index in [4.69, 9.17) is 4.42 Å². The summed E-state index contributed by atoms with van der Waals surface area (Å²) in [6, 6.07) is 9.86. The number of nitrogens with one attached hydrogen (secondary N) is 1. The van der Waals surface area contributed by atoms with Gasteiger partial charge in [-0.1, -0.05) is 0 Å². The fourth-order valence-electron chi connectivity index (χ4n) is 2.52. The van der Waals surface area contributed by atoms with Crippen LogP contribution in [0.5, 0.6) is 0 Å². The van der Waals surface area contributed by atoms with Gasteiger partial charge in [-0.15, -0.1) is 0 Å². The zero-order valence-corrected chi connectivity index (χ0v) is 11.4. The fraction of sp³-hybridized carbons (Fsp3) is 0.188. The fourth-order valence-corrected chi connectivity index (χ4v) is 2.52. The first kappa shape index (κ1) is 12.1. The van der Waals surface area contributed by atoms with Crippen LogP contribution in [0.3, 0.4) is 0 Å². The van der Waals surface area contributed by atoms with Crippen LogP contribution >= 0.6 is 0 Å². The minimum atomic E-state index is 0.336. The summed E-state index contributed by atoms with van der Waals surface area (Å²) in [5, 5.41) is 8.06. The monoisotopic (exact) mass is 278 g/mol. The van der Waals surface area contributed by atoms with E-state index in [9.17, 15) is 0 Å². The number of H-pyrrole nitrogens is 1. The van der Waals surface area contributed by atoms with Gasteiger partial charge in [0.15, 0.2) is 0 Å². The quantitative estimate of drug-likeness (QED) is 0.746. The van der Waals surface area contributed by atoms with Crippen LogP contribution < -0.4 is 0 Å². The van der Waals surface area contributed by atoms with E-state index in [1.807, 2.05) is 42.7 Å². The van der Waals surface area contributed by atoms with Gasteiger partial charge < -0.3 is 4.42 Å². The third-order valence-electron chi connectivity index (χ3n) is 3.64. The number of aliphatic imine (C=N–C) groups is 2. The molecular weight excluding hydrogens is 264 g/mol. The lowest BCUT2D eigenvalue weighted by Gasteiger charge is -2.00. The second kappa shape index (κ2) is 5.01. The Morgan fingerprint density at radius 1 is 1.33 bits per heavy atom. The molecule has 4 rings (SSSR count). The minimum absolute atomic E-state index is 0.336. The number of hydrogen-bond donors (Lipinski definition) is 1. The van der Waals surface area contributed by atoms with Crippen LogP contribution in [0.15, 0.2) is 57.2 Å². The highest BCUT2D eigenvalue weighted by Gasteiger charge is 2.19. The highest BCUT2D eigenvalue weighted by Crippen LogP contribution is 2.21. The Balaban J connectivity index is 1.47. The second-order valence-electron chi connectivity index (χ2n) is 5.15. The van der Waals surface area contributed by atoms with Gasteiger partial charge in [0, 0.05) is 30.5 Å². The molecule has 1 atom stereocenters. The van der Waals surface area contributed by atoms with Crippen molar-refractivity contribution in [1.29, 1.82) is 0 Å². The van der Waals surface area contributed by atoms with Crippen molar-refractivity contribution in [1.82, 2.24) is 10.2 Å². The third-order valence-corrected chi connectivity index (χ3v) is 3.64. The Hall–Kier alpha value is -2.69. The molecule has 0 radical (unpaired) electrons. The van der Waals surface area contributed by atoms with Crippen molar-refractivity contribution in [2.24, 2.45) is 15.9 Å². The molecule has 3 aromatic rings. The van der Waals surface area contributed by atoms with Gasteiger partial charge in [0.2, 0.25) is 0 Å². The van der Waals surface area contributed by atoms with Gasteiger partial charge in [-0.3, -0.25) is 15.1 Å². The molecule has 21 heavy (non-hydrogen) atoms. The molecular formula is C16H14N4O. The van der Waals surface area contributed by atoms with Crippen LogP contribution in [0, 0.1) is 5.92 Å². The first-order valence-corrected chi connectivity index (χ1v) is 6.93. The molecule has 1 aliphatic rings. The van der Waals surface area contributed by atoms with Crippen molar-refractivity contribution < 1.29 is 4.42 Å². The molecule has 0 fully saturated rings. The molecule has 104 valence electrons. The number of nitrogens with zero attached hydrogens (tertiary/aromatic N) is 3. The Bertz CT molecular complexity index is 814. The van der Waals surface area contributed by atoms with Crippen LogP contribution in [-0.4, -0.2) is 28.7 Å². The maximum atomic E-state index is 5.38. The summed E-state index contributed by atoms with van der Waals surface area (Å²) in [5.74, 6) is 1.20. The van der Waals surface area contributed by atoms with Crippen molar-refractivity contribution >= 4 is 28.5 Å². The third kappa shape index (κ3) is 2.38. The average molecular weight is 278 g/mol. The minimum Gasteiger partial charge on any atom is -0.463 e. The predicted molar refractivity (Wildman–Crippen MR) is 82.5 cm³/mol. The highest BCUT2D eigenvalue weighted by atomic mass is 16.3. The lowest BCUT2D eigenvalue weighted by Crippen LogP contribution is -2.03. The average Bonchev–Trinajstić information content (AvgIpc) is 3.24. The number of benzene rings is 1. The number of furan rings is 1. The van der Waals surface area contributed by atoms with Crippen molar-refractivity contribution in [3.05, 3.63) is 48.6 Å². The zero-order chi connectivity index (χ0) is 14.1. The Morgan fingerprint density at radius 2 is 2.33 bits per heavy atom. The van der Waals surface area contributed by atoms with E-state index in [0.717, 1.165) is 41.0 Å². The summed E-state index contributed by atoms with van der Waals surface area (Å²) in [6.45, 7) is 0.770. The lowest BCUT2D eigenvalue weighted by atomic mass is 10.1. The highest BCUT2D eigenvalue weighted by molar-refractivity contribution is 6.01. The Morgan fingerprint density at radius 3 is 3.24 bits per heavy atom. The summed E-state index contributed by atoms with van der Waals surface area (Å²) in [6.07, 6.45) is 6.35. The summed E-state index contributed by atoms with van der Waals surface area (Å²) in [5.41, 5.74) is 2.96. The number of aromatic amines is 1. The van der Waals surface area contributed by atoms with E-state index >= 15 is 0 Å². The molecule has 3 heterocycles. The zero-order valence-electron chi connectivity index (χ0n) is 11.4. The Labute approximate surface area is 121 Å². The van der Waals surface area contributed by atoms with Gasteiger partial charge >= 0.3 is 0 Å². The van der Waals surface area contributed by atoms with E-state index in [1.165, 1.54) is 0 Å². The van der Waals surface area contributed by atoms with E-state index < -0.39 is 0 Å². The molecule has 5 nitrogen and oxygen atoms in total. The van der Waals surface area contributed by atoms with Crippen molar-refractivity contribution in [3.63, 3.8) is 0 Å². The molecule has 0 amide bonds. The molecule has 0 saturated heterocycles. The van der Waals surface area contributed by atoms with Gasteiger partial charge in [-0.25, -0.2) is 0 Å². The molecule has 1 aliphatic heterocycles. The molecule has 2 aromatic heterocycles. The topological polar surface area (TPSA) is 66.5 Å². The maximum Gasteiger partial charge on any atom is 0.147 e. The van der Waals surface area contributed by atoms with Crippen molar-refractivity contribution in [3.8, 4) is 0 Å². The first-order chi connectivity index (χ1) is 10.4. The molecule has 0 aliphatic carbocycles. The van der Waals surface area contributed by atoms with Crippen molar-refractivity contribution in [2.45, 2.75) is 6.42 Å². The lowest BCUT2D eigenvalue weighted by molar-refractivity contribution is 0.556. The molecule has 0 bridgehead atoms. The largest absolute Gasteiger partial charge is 0.463 e. The maximum absolute atomic E-state index is 5.38. The van der Waals surface area contributed by atoms with Gasteiger partial charge in [0.1, 0.15) is 5.76 Å². The first-order valence-electron chi connectivity index (χ1n) is 6.93. The number of fused-ring (bicyclic) bond motifs is 1. The van der Waals surface area contributed by atoms with Crippen LogP contribution in [-0.2, 0) is 0 Å². The molecule has 1 aromatic carbocycles. The summed E-state index contributed by atoms with van der Waals surface area (Å²) in [4.78, 5) is 9.09. The molecule has 1 unspecified atom stereocenters. The number of aromatic nitrogens is 2. The number of hydrogen-bond acceptors (Lipinski definition) is 4. The van der Waals surface area contributed by atoms with Gasteiger partial charge in [-0.2, -0.15) is 5.10 Å². The second-order valence-corrected chi connectivity index (χ2v) is 5.15. The summed E-state index contributed by atoms with van der Waals surface area (Å²) < 4.78 is 5.38. The van der Waals surface area contributed by atoms with E-state index in [0.29, 0.717) is 5.92 Å².